The molecule has 0 aromatic heterocycles. The number of nitrogens with zero attached hydrogens (tertiary/aromatic N) is 1. The maximum atomic E-state index is 11.3. The van der Waals surface area contributed by atoms with Crippen LogP contribution in [0.15, 0.2) is 12.1 Å². The molecule has 0 heterocycles. The normalized spacial score (nSPS) is 9.62. The Bertz CT molecular complexity index is 454. The summed E-state index contributed by atoms with van der Waals surface area (Å²) in [6.07, 6.45) is 0.178. The van der Waals surface area contributed by atoms with Crippen molar-refractivity contribution in [3.63, 3.8) is 0 Å². The molecule has 0 aliphatic rings. The molecule has 16 heavy (non-hydrogen) atoms. The van der Waals surface area contributed by atoms with Crippen molar-refractivity contribution in [2.45, 2.75) is 13.3 Å². The first-order valence-corrected chi connectivity index (χ1v) is 6.08. The maximum Gasteiger partial charge on any atom is 0.310 e. The van der Waals surface area contributed by atoms with E-state index in [9.17, 15) is 4.79 Å². The quantitative estimate of drug-likeness (QED) is 0.623. The first-order valence-electron chi connectivity index (χ1n) is 4.62. The minimum absolute atomic E-state index is 0.178. The van der Waals surface area contributed by atoms with E-state index in [-0.39, 0.29) is 12.4 Å². The third-order valence-corrected chi connectivity index (χ3v) is 3.87. The highest BCUT2D eigenvalue weighted by Gasteiger charge is 2.12. The second kappa shape index (κ2) is 6.06. The number of benzene rings is 1. The molecule has 0 fully saturated rings. The van der Waals surface area contributed by atoms with Crippen molar-refractivity contribution in [2.24, 2.45) is 0 Å². The van der Waals surface area contributed by atoms with Crippen LogP contribution in [0, 0.1) is 14.9 Å². The third-order valence-electron chi connectivity index (χ3n) is 1.92. The Morgan fingerprint density at radius 1 is 1.62 bits per heavy atom. The highest BCUT2D eigenvalue weighted by molar-refractivity contribution is 14.1. The summed E-state index contributed by atoms with van der Waals surface area (Å²) >= 11 is 8.00. The van der Waals surface area contributed by atoms with Gasteiger partial charge in [0.15, 0.2) is 0 Å². The van der Waals surface area contributed by atoms with E-state index in [1.54, 1.807) is 19.1 Å². The van der Waals surface area contributed by atoms with Gasteiger partial charge in [-0.1, -0.05) is 17.7 Å². The summed E-state index contributed by atoms with van der Waals surface area (Å²) in [6.45, 7) is 2.12. The van der Waals surface area contributed by atoms with E-state index in [4.69, 9.17) is 21.6 Å². The fourth-order valence-corrected chi connectivity index (χ4v) is 2.07. The standard InChI is InChI=1S/C11H9ClINO2/c1-2-16-9(15)5-7-3-4-8(6-14)10(12)11(7)13/h3-4H,2,5H2,1H3. The van der Waals surface area contributed by atoms with Crippen LogP contribution < -0.4 is 0 Å². The van der Waals surface area contributed by atoms with Gasteiger partial charge in [0.1, 0.15) is 6.07 Å². The summed E-state index contributed by atoms with van der Waals surface area (Å²) in [5.41, 5.74) is 1.20. The number of hydrogen-bond donors (Lipinski definition) is 0. The van der Waals surface area contributed by atoms with Gasteiger partial charge in [0.25, 0.3) is 0 Å². The fourth-order valence-electron chi connectivity index (χ4n) is 1.18. The number of halogens is 2. The van der Waals surface area contributed by atoms with Crippen LogP contribution in [-0.2, 0) is 16.0 Å². The average molecular weight is 350 g/mol. The Morgan fingerprint density at radius 2 is 2.31 bits per heavy atom. The predicted molar refractivity (Wildman–Crippen MR) is 69.2 cm³/mol. The summed E-state index contributed by atoms with van der Waals surface area (Å²) in [7, 11) is 0. The monoisotopic (exact) mass is 349 g/mol. The topological polar surface area (TPSA) is 50.1 Å². The third kappa shape index (κ3) is 3.09. The number of rotatable bonds is 3. The molecule has 1 aromatic carbocycles. The zero-order valence-electron chi connectivity index (χ0n) is 8.59. The number of carbonyl (C=O) groups is 1. The van der Waals surface area contributed by atoms with Gasteiger partial charge in [-0.3, -0.25) is 4.79 Å². The molecule has 0 unspecified atom stereocenters. The Morgan fingerprint density at radius 3 is 2.88 bits per heavy atom. The van der Waals surface area contributed by atoms with Gasteiger partial charge in [-0.25, -0.2) is 0 Å². The van der Waals surface area contributed by atoms with Crippen LogP contribution in [-0.4, -0.2) is 12.6 Å². The van der Waals surface area contributed by atoms with Gasteiger partial charge >= 0.3 is 5.97 Å². The molecule has 0 aliphatic heterocycles. The minimum atomic E-state index is -0.291. The molecule has 1 aromatic rings. The smallest absolute Gasteiger partial charge is 0.310 e. The number of ether oxygens (including phenoxy) is 1. The first kappa shape index (κ1) is 13.3. The van der Waals surface area contributed by atoms with E-state index in [0.717, 1.165) is 9.13 Å². The lowest BCUT2D eigenvalue weighted by atomic mass is 10.1. The second-order valence-electron chi connectivity index (χ2n) is 2.99. The van der Waals surface area contributed by atoms with Crippen LogP contribution >= 0.6 is 34.2 Å². The van der Waals surface area contributed by atoms with Gasteiger partial charge in [0.05, 0.1) is 23.6 Å². The summed E-state index contributed by atoms with van der Waals surface area (Å²) in [5, 5.41) is 9.16. The lowest BCUT2D eigenvalue weighted by molar-refractivity contribution is -0.142. The molecule has 0 amide bonds. The summed E-state index contributed by atoms with van der Waals surface area (Å²) in [6, 6.07) is 5.32. The molecule has 3 nitrogen and oxygen atoms in total. The van der Waals surface area contributed by atoms with E-state index in [0.29, 0.717) is 17.2 Å². The Balaban J connectivity index is 2.96. The molecule has 5 heteroatoms. The highest BCUT2D eigenvalue weighted by atomic mass is 127. The lowest BCUT2D eigenvalue weighted by Crippen LogP contribution is -2.08. The molecule has 0 radical (unpaired) electrons. The number of hydrogen-bond acceptors (Lipinski definition) is 3. The van der Waals surface area contributed by atoms with Gasteiger partial charge in [0, 0.05) is 3.57 Å². The zero-order valence-corrected chi connectivity index (χ0v) is 11.5. The summed E-state index contributed by atoms with van der Waals surface area (Å²) in [5.74, 6) is -0.291. The number of carbonyl (C=O) groups excluding carboxylic acids is 1. The lowest BCUT2D eigenvalue weighted by Gasteiger charge is -2.06. The van der Waals surface area contributed by atoms with Crippen molar-refractivity contribution in [3.05, 3.63) is 31.9 Å². The van der Waals surface area contributed by atoms with Gasteiger partial charge in [0.2, 0.25) is 0 Å². The van der Waals surface area contributed by atoms with E-state index in [1.807, 2.05) is 28.7 Å². The van der Waals surface area contributed by atoms with Gasteiger partial charge in [-0.2, -0.15) is 5.26 Å². The van der Waals surface area contributed by atoms with Crippen molar-refractivity contribution in [1.29, 1.82) is 5.26 Å². The fraction of sp³-hybridized carbons (Fsp3) is 0.273. The summed E-state index contributed by atoms with van der Waals surface area (Å²) < 4.78 is 5.58. The van der Waals surface area contributed by atoms with E-state index < -0.39 is 0 Å². The van der Waals surface area contributed by atoms with Gasteiger partial charge < -0.3 is 4.74 Å². The van der Waals surface area contributed by atoms with E-state index in [1.165, 1.54) is 0 Å². The molecule has 0 bridgehead atoms. The van der Waals surface area contributed by atoms with Gasteiger partial charge in [-0.05, 0) is 41.1 Å². The van der Waals surface area contributed by atoms with Crippen molar-refractivity contribution < 1.29 is 9.53 Å². The van der Waals surface area contributed by atoms with Crippen molar-refractivity contribution in [2.75, 3.05) is 6.61 Å². The summed E-state index contributed by atoms with van der Waals surface area (Å²) in [4.78, 5) is 11.3. The molecule has 0 atom stereocenters. The molecule has 0 aliphatic carbocycles. The molecule has 0 N–H and O–H groups in total. The molecule has 1 rings (SSSR count). The number of nitriles is 1. The van der Waals surface area contributed by atoms with Crippen LogP contribution in [0.5, 0.6) is 0 Å². The van der Waals surface area contributed by atoms with Crippen molar-refractivity contribution in [1.82, 2.24) is 0 Å². The molecule has 84 valence electrons. The maximum absolute atomic E-state index is 11.3. The SMILES string of the molecule is CCOC(=O)Cc1ccc(C#N)c(Cl)c1I. The highest BCUT2D eigenvalue weighted by Crippen LogP contribution is 2.26. The van der Waals surface area contributed by atoms with Crippen molar-refractivity contribution >= 4 is 40.2 Å². The Hall–Kier alpha value is -0.800. The van der Waals surface area contributed by atoms with Crippen LogP contribution in [0.3, 0.4) is 0 Å². The average Bonchev–Trinajstić information content (AvgIpc) is 2.25. The molecular formula is C11H9ClINO2. The van der Waals surface area contributed by atoms with Crippen LogP contribution in [0.2, 0.25) is 5.02 Å². The van der Waals surface area contributed by atoms with E-state index >= 15 is 0 Å². The Kier molecular flexibility index (Phi) is 5.03. The van der Waals surface area contributed by atoms with Crippen LogP contribution in [0.4, 0.5) is 0 Å². The van der Waals surface area contributed by atoms with Crippen LogP contribution in [0.25, 0.3) is 0 Å². The largest absolute Gasteiger partial charge is 0.466 e. The molecule has 0 saturated heterocycles. The first-order chi connectivity index (χ1) is 7.60. The van der Waals surface area contributed by atoms with Crippen molar-refractivity contribution in [3.8, 4) is 6.07 Å². The molecule has 0 spiro atoms. The second-order valence-corrected chi connectivity index (χ2v) is 4.45. The van der Waals surface area contributed by atoms with E-state index in [2.05, 4.69) is 0 Å². The minimum Gasteiger partial charge on any atom is -0.466 e. The predicted octanol–water partition coefficient (Wildman–Crippen LogP) is 2.92. The van der Waals surface area contributed by atoms with Gasteiger partial charge in [-0.15, -0.1) is 0 Å². The molecular weight excluding hydrogens is 340 g/mol. The number of esters is 1. The van der Waals surface area contributed by atoms with Crippen LogP contribution in [0.1, 0.15) is 18.1 Å². The Labute approximate surface area is 112 Å². The molecule has 0 saturated carbocycles. The zero-order chi connectivity index (χ0) is 12.1.